The van der Waals surface area contributed by atoms with E-state index in [4.69, 9.17) is 5.11 Å². The van der Waals surface area contributed by atoms with Gasteiger partial charge in [0.05, 0.1) is 17.9 Å². The molecule has 1 aliphatic rings. The number of hydrogen-bond donors (Lipinski definition) is 1. The van der Waals surface area contributed by atoms with E-state index in [1.165, 1.54) is 0 Å². The predicted octanol–water partition coefficient (Wildman–Crippen LogP) is 2.18. The summed E-state index contributed by atoms with van der Waals surface area (Å²) in [5.74, 6) is -0.888. The quantitative estimate of drug-likeness (QED) is 0.853. The molecule has 1 atom stereocenters. The summed E-state index contributed by atoms with van der Waals surface area (Å²) in [5, 5.41) is 9.05. The van der Waals surface area contributed by atoms with Gasteiger partial charge in [0.1, 0.15) is 0 Å². The standard InChI is InChI=1S/C12H14FNO2/c13-7-9-5-6-14(8-9)11-4-2-1-3-10(11)12(15)16/h1-4,9H,5-8H2,(H,15,16)/t9-/m0/s1. The Kier molecular flexibility index (Phi) is 3.08. The van der Waals surface area contributed by atoms with Gasteiger partial charge in [0.25, 0.3) is 0 Å². The minimum absolute atomic E-state index is 0.0434. The van der Waals surface area contributed by atoms with E-state index in [0.717, 1.165) is 13.0 Å². The first kappa shape index (κ1) is 10.9. The minimum Gasteiger partial charge on any atom is -0.478 e. The third-order valence-corrected chi connectivity index (χ3v) is 2.98. The molecule has 0 amide bonds. The maximum absolute atomic E-state index is 12.5. The molecular weight excluding hydrogens is 209 g/mol. The first-order valence-corrected chi connectivity index (χ1v) is 5.35. The van der Waals surface area contributed by atoms with Crippen LogP contribution in [0, 0.1) is 5.92 Å². The average Bonchev–Trinajstić information content (AvgIpc) is 2.77. The molecule has 86 valence electrons. The van der Waals surface area contributed by atoms with E-state index in [1.807, 2.05) is 11.0 Å². The normalized spacial score (nSPS) is 20.1. The third kappa shape index (κ3) is 2.01. The van der Waals surface area contributed by atoms with Gasteiger partial charge in [0, 0.05) is 19.0 Å². The second kappa shape index (κ2) is 4.51. The number of aromatic carboxylic acids is 1. The maximum Gasteiger partial charge on any atom is 0.337 e. The van der Waals surface area contributed by atoms with Gasteiger partial charge in [-0.25, -0.2) is 4.79 Å². The number of anilines is 1. The highest BCUT2D eigenvalue weighted by Crippen LogP contribution is 2.27. The zero-order valence-electron chi connectivity index (χ0n) is 8.90. The fourth-order valence-electron chi connectivity index (χ4n) is 2.11. The summed E-state index contributed by atoms with van der Waals surface area (Å²) in [5.41, 5.74) is 0.993. The molecule has 0 unspecified atom stereocenters. The zero-order valence-corrected chi connectivity index (χ0v) is 8.90. The van der Waals surface area contributed by atoms with Crippen molar-refractivity contribution in [2.24, 2.45) is 5.92 Å². The number of rotatable bonds is 3. The smallest absolute Gasteiger partial charge is 0.337 e. The highest BCUT2D eigenvalue weighted by Gasteiger charge is 2.25. The second-order valence-corrected chi connectivity index (χ2v) is 4.08. The predicted molar refractivity (Wildman–Crippen MR) is 59.7 cm³/mol. The van der Waals surface area contributed by atoms with Crippen LogP contribution in [-0.4, -0.2) is 30.8 Å². The Balaban J connectivity index is 2.24. The lowest BCUT2D eigenvalue weighted by Crippen LogP contribution is -2.22. The lowest BCUT2D eigenvalue weighted by Gasteiger charge is -2.20. The van der Waals surface area contributed by atoms with Crippen molar-refractivity contribution in [2.75, 3.05) is 24.7 Å². The number of carboxylic acids is 1. The molecule has 0 aliphatic carbocycles. The van der Waals surface area contributed by atoms with Gasteiger partial charge < -0.3 is 10.0 Å². The van der Waals surface area contributed by atoms with Crippen LogP contribution >= 0.6 is 0 Å². The highest BCUT2D eigenvalue weighted by atomic mass is 19.1. The summed E-state index contributed by atoms with van der Waals surface area (Å²) < 4.78 is 12.5. The largest absolute Gasteiger partial charge is 0.478 e. The molecule has 0 bridgehead atoms. The Morgan fingerprint density at radius 2 is 2.25 bits per heavy atom. The SMILES string of the molecule is O=C(O)c1ccccc1N1CC[C@@H](CF)C1. The molecule has 1 heterocycles. The number of nitrogens with zero attached hydrogens (tertiary/aromatic N) is 1. The van der Waals surface area contributed by atoms with Crippen molar-refractivity contribution in [3.05, 3.63) is 29.8 Å². The molecule has 2 rings (SSSR count). The van der Waals surface area contributed by atoms with E-state index in [9.17, 15) is 9.18 Å². The van der Waals surface area contributed by atoms with Crippen molar-refractivity contribution in [3.8, 4) is 0 Å². The Morgan fingerprint density at radius 3 is 2.88 bits per heavy atom. The van der Waals surface area contributed by atoms with Gasteiger partial charge in [0.15, 0.2) is 0 Å². The van der Waals surface area contributed by atoms with E-state index >= 15 is 0 Å². The van der Waals surface area contributed by atoms with Gasteiger partial charge in [-0.3, -0.25) is 4.39 Å². The van der Waals surface area contributed by atoms with E-state index in [0.29, 0.717) is 17.8 Å². The first-order chi connectivity index (χ1) is 7.72. The van der Waals surface area contributed by atoms with Crippen LogP contribution in [0.1, 0.15) is 16.8 Å². The molecule has 1 fully saturated rings. The number of halogens is 1. The van der Waals surface area contributed by atoms with Gasteiger partial charge in [-0.05, 0) is 18.6 Å². The molecule has 1 aromatic carbocycles. The number of carbonyl (C=O) groups is 1. The van der Waals surface area contributed by atoms with Crippen LogP contribution in [0.2, 0.25) is 0 Å². The summed E-state index contributed by atoms with van der Waals surface area (Å²) >= 11 is 0. The van der Waals surface area contributed by atoms with Crippen molar-refractivity contribution in [1.82, 2.24) is 0 Å². The minimum atomic E-state index is -0.931. The third-order valence-electron chi connectivity index (χ3n) is 2.98. The molecule has 0 saturated carbocycles. The summed E-state index contributed by atoms with van der Waals surface area (Å²) in [6, 6.07) is 6.88. The molecule has 1 aromatic rings. The van der Waals surface area contributed by atoms with E-state index in [2.05, 4.69) is 0 Å². The lowest BCUT2D eigenvalue weighted by molar-refractivity contribution is 0.0697. The topological polar surface area (TPSA) is 40.5 Å². The van der Waals surface area contributed by atoms with Crippen molar-refractivity contribution < 1.29 is 14.3 Å². The summed E-state index contributed by atoms with van der Waals surface area (Å²) in [6.07, 6.45) is 0.796. The van der Waals surface area contributed by atoms with Crippen LogP contribution in [0.5, 0.6) is 0 Å². The molecule has 4 heteroatoms. The van der Waals surface area contributed by atoms with Gasteiger partial charge in [-0.2, -0.15) is 0 Å². The number of carboxylic acid groups (broad SMARTS) is 1. The van der Waals surface area contributed by atoms with Crippen molar-refractivity contribution in [1.29, 1.82) is 0 Å². The Hall–Kier alpha value is -1.58. The maximum atomic E-state index is 12.5. The van der Waals surface area contributed by atoms with Crippen LogP contribution in [0.25, 0.3) is 0 Å². The summed E-state index contributed by atoms with van der Waals surface area (Å²) in [7, 11) is 0. The van der Waals surface area contributed by atoms with Crippen LogP contribution in [0.15, 0.2) is 24.3 Å². The van der Waals surface area contributed by atoms with Crippen LogP contribution in [0.3, 0.4) is 0 Å². The van der Waals surface area contributed by atoms with E-state index in [-0.39, 0.29) is 12.6 Å². The summed E-state index contributed by atoms with van der Waals surface area (Å²) in [6.45, 7) is 1.02. The van der Waals surface area contributed by atoms with E-state index in [1.54, 1.807) is 18.2 Å². The molecule has 1 saturated heterocycles. The fourth-order valence-corrected chi connectivity index (χ4v) is 2.11. The molecule has 0 radical (unpaired) electrons. The molecule has 3 nitrogen and oxygen atoms in total. The van der Waals surface area contributed by atoms with Crippen LogP contribution in [-0.2, 0) is 0 Å². The molecule has 0 spiro atoms. The fraction of sp³-hybridized carbons (Fsp3) is 0.417. The zero-order chi connectivity index (χ0) is 11.5. The molecule has 1 aliphatic heterocycles. The summed E-state index contributed by atoms with van der Waals surface area (Å²) in [4.78, 5) is 13.0. The number of para-hydroxylation sites is 1. The number of alkyl halides is 1. The Morgan fingerprint density at radius 1 is 1.50 bits per heavy atom. The molecular formula is C12H14FNO2. The van der Waals surface area contributed by atoms with Gasteiger partial charge in [-0.1, -0.05) is 12.1 Å². The van der Waals surface area contributed by atoms with Gasteiger partial charge >= 0.3 is 5.97 Å². The van der Waals surface area contributed by atoms with Crippen molar-refractivity contribution in [3.63, 3.8) is 0 Å². The van der Waals surface area contributed by atoms with Gasteiger partial charge in [-0.15, -0.1) is 0 Å². The molecule has 16 heavy (non-hydrogen) atoms. The highest BCUT2D eigenvalue weighted by molar-refractivity contribution is 5.94. The van der Waals surface area contributed by atoms with Gasteiger partial charge in [0.2, 0.25) is 0 Å². The Labute approximate surface area is 93.5 Å². The second-order valence-electron chi connectivity index (χ2n) is 4.08. The molecule has 1 N–H and O–H groups in total. The average molecular weight is 223 g/mol. The first-order valence-electron chi connectivity index (χ1n) is 5.35. The lowest BCUT2D eigenvalue weighted by atomic mass is 10.1. The van der Waals surface area contributed by atoms with Crippen LogP contribution < -0.4 is 4.90 Å². The monoisotopic (exact) mass is 223 g/mol. The number of hydrogen-bond acceptors (Lipinski definition) is 2. The number of benzene rings is 1. The van der Waals surface area contributed by atoms with Crippen LogP contribution in [0.4, 0.5) is 10.1 Å². The van der Waals surface area contributed by atoms with Crippen molar-refractivity contribution >= 4 is 11.7 Å². The Bertz CT molecular complexity index is 394. The molecule has 0 aromatic heterocycles. The van der Waals surface area contributed by atoms with Crippen molar-refractivity contribution in [2.45, 2.75) is 6.42 Å². The van der Waals surface area contributed by atoms with E-state index < -0.39 is 5.97 Å².